The summed E-state index contributed by atoms with van der Waals surface area (Å²) in [7, 11) is 0. The Labute approximate surface area is 436 Å². The summed E-state index contributed by atoms with van der Waals surface area (Å²) < 4.78 is 89.0. The van der Waals surface area contributed by atoms with Crippen LogP contribution in [0.3, 0.4) is 0 Å². The number of nitrogens with one attached hydrogen (secondary N) is 2. The first-order chi connectivity index (χ1) is 35.0. The topological polar surface area (TPSA) is 213 Å². The van der Waals surface area contributed by atoms with Crippen molar-refractivity contribution in [1.82, 2.24) is 29.9 Å². The van der Waals surface area contributed by atoms with Crippen LogP contribution in [0.1, 0.15) is 64.5 Å². The van der Waals surface area contributed by atoms with Crippen molar-refractivity contribution in [2.75, 3.05) is 70.5 Å². The predicted octanol–water partition coefficient (Wildman–Crippen LogP) is 9.21. The Hall–Kier alpha value is -7.18. The normalized spacial score (nSPS) is 16.5. The Bertz CT molecular complexity index is 2940. The molecule has 24 heteroatoms. The highest BCUT2D eigenvalue weighted by Gasteiger charge is 2.41. The zero-order valence-corrected chi connectivity index (χ0v) is 42.5. The monoisotopic (exact) mass is 1060 g/mol. The number of pyridine rings is 2. The van der Waals surface area contributed by atoms with Gasteiger partial charge in [0.15, 0.2) is 11.6 Å². The number of urea groups is 1. The lowest BCUT2D eigenvalue weighted by Crippen LogP contribution is -2.48. The summed E-state index contributed by atoms with van der Waals surface area (Å²) in [6.07, 6.45) is -3.16. The molecule has 0 radical (unpaired) electrons. The molecule has 8 heterocycles. The fraction of sp³-hybridized carbons (Fsp3) is 0.392. The maximum atomic E-state index is 13.5. The third-order valence-corrected chi connectivity index (χ3v) is 12.3. The van der Waals surface area contributed by atoms with E-state index in [2.05, 4.69) is 50.3 Å². The minimum absolute atomic E-state index is 0. The third kappa shape index (κ3) is 14.6. The molecule has 6 aromatic rings. The molecule has 0 aliphatic carbocycles. The van der Waals surface area contributed by atoms with Gasteiger partial charge in [0.25, 0.3) is 0 Å². The molecule has 0 unspecified atom stereocenters. The van der Waals surface area contributed by atoms with Crippen LogP contribution in [0.25, 0.3) is 22.5 Å². The molecule has 4 aromatic heterocycles. The van der Waals surface area contributed by atoms with E-state index < -0.39 is 40.7 Å². The number of carbonyl (C=O) groups is 1. The van der Waals surface area contributed by atoms with E-state index in [0.29, 0.717) is 66.2 Å². The number of benzene rings is 2. The summed E-state index contributed by atoms with van der Waals surface area (Å²) in [4.78, 5) is 44.6. The molecule has 4 aliphatic heterocycles. The van der Waals surface area contributed by atoms with Gasteiger partial charge in [-0.2, -0.15) is 49.8 Å². The number of rotatable bonds is 11. The average Bonchev–Trinajstić information content (AvgIpc) is 3.94. The first-order valence-corrected chi connectivity index (χ1v) is 23.8. The molecule has 2 fully saturated rings. The number of aliphatic hydroxyl groups is 2. The zero-order chi connectivity index (χ0) is 53.0. The van der Waals surface area contributed by atoms with Crippen LogP contribution in [0.4, 0.5) is 65.8 Å². The minimum atomic E-state index is -4.48. The second-order valence-electron chi connectivity index (χ2n) is 19.3. The van der Waals surface area contributed by atoms with E-state index in [1.165, 1.54) is 30.6 Å². The summed E-state index contributed by atoms with van der Waals surface area (Å²) >= 11 is 0. The van der Waals surface area contributed by atoms with E-state index in [4.69, 9.17) is 15.2 Å². The van der Waals surface area contributed by atoms with Crippen molar-refractivity contribution in [3.8, 4) is 34.5 Å². The van der Waals surface area contributed by atoms with Gasteiger partial charge in [0.2, 0.25) is 0 Å². The van der Waals surface area contributed by atoms with Gasteiger partial charge in [0.05, 0.1) is 64.3 Å². The van der Waals surface area contributed by atoms with Crippen LogP contribution in [0.5, 0.6) is 12.0 Å². The minimum Gasteiger partial charge on any atom is -0.463 e. The van der Waals surface area contributed by atoms with Gasteiger partial charge in [-0.15, -0.1) is 0 Å². The lowest BCUT2D eigenvalue weighted by Gasteiger charge is -2.35. The maximum Gasteiger partial charge on any atom is 0.416 e. The zero-order valence-electron chi connectivity index (χ0n) is 41.5. The Morgan fingerprint density at radius 3 is 1.84 bits per heavy atom. The number of hydrogen-bond acceptors (Lipinski definition) is 15. The SMILES string of the molecule is CC(C)(O)CCOc1nccc(N)n1.CC(C)(O)CCOc1nccc(NC(=O)N2c3nc(-c4cccc(C(F)(F)F)c4)ccc3N3CC[C@H]2C3)n1.FC(F)(F)c1cccc(-c2ccc3c(n2)N[C@H]2CCN3C2)c1.S. The van der Waals surface area contributed by atoms with Crippen molar-refractivity contribution >= 4 is 54.2 Å². The summed E-state index contributed by atoms with van der Waals surface area (Å²) in [6.45, 7) is 10.7. The number of fused-ring (bicyclic) bond motifs is 8. The van der Waals surface area contributed by atoms with Crippen LogP contribution < -0.4 is 40.5 Å². The van der Waals surface area contributed by atoms with Gasteiger partial charge in [0.1, 0.15) is 11.6 Å². The summed E-state index contributed by atoms with van der Waals surface area (Å²) in [5.41, 5.74) is 5.82. The molecule has 75 heavy (non-hydrogen) atoms. The quantitative estimate of drug-likeness (QED) is 0.0765. The van der Waals surface area contributed by atoms with Crippen LogP contribution >= 0.6 is 13.5 Å². The Balaban J connectivity index is 0.000000186. The number of carbonyl (C=O) groups excluding carboxylic acids is 1. The van der Waals surface area contributed by atoms with Gasteiger partial charge in [-0.05, 0) is 101 Å². The van der Waals surface area contributed by atoms with Crippen molar-refractivity contribution in [3.63, 3.8) is 0 Å². The smallest absolute Gasteiger partial charge is 0.416 e. The van der Waals surface area contributed by atoms with Gasteiger partial charge in [-0.25, -0.2) is 24.7 Å². The van der Waals surface area contributed by atoms with Crippen molar-refractivity contribution < 1.29 is 50.8 Å². The van der Waals surface area contributed by atoms with Gasteiger partial charge in [0, 0.05) is 68.6 Å². The van der Waals surface area contributed by atoms with E-state index in [9.17, 15) is 41.4 Å². The number of ether oxygens (including phenoxy) is 2. The maximum absolute atomic E-state index is 13.5. The number of aromatic nitrogens is 6. The Morgan fingerprint density at radius 2 is 1.25 bits per heavy atom. The fourth-order valence-corrected chi connectivity index (χ4v) is 8.46. The molecule has 2 saturated heterocycles. The predicted molar refractivity (Wildman–Crippen MR) is 277 cm³/mol. The number of nitrogen functional groups attached to an aromatic ring is 1. The summed E-state index contributed by atoms with van der Waals surface area (Å²) in [5, 5.41) is 25.4. The molecule has 2 amide bonds. The number of nitrogens with two attached hydrogens (primary N) is 1. The van der Waals surface area contributed by atoms with E-state index >= 15 is 0 Å². The van der Waals surface area contributed by atoms with E-state index in [0.717, 1.165) is 73.9 Å². The number of alkyl halides is 6. The first-order valence-electron chi connectivity index (χ1n) is 23.8. The van der Waals surface area contributed by atoms with Crippen LogP contribution in [0, 0.1) is 0 Å². The molecule has 400 valence electrons. The molecule has 6 N–H and O–H groups in total. The van der Waals surface area contributed by atoms with Crippen molar-refractivity contribution in [2.45, 2.75) is 89.0 Å². The number of halogens is 6. The largest absolute Gasteiger partial charge is 0.463 e. The number of nitrogens with zero attached hydrogens (tertiary/aromatic N) is 9. The molecule has 2 atom stereocenters. The van der Waals surface area contributed by atoms with Crippen molar-refractivity contribution in [1.29, 1.82) is 0 Å². The number of hydrogen-bond donors (Lipinski definition) is 5. The molecule has 4 aliphatic rings. The highest BCUT2D eigenvalue weighted by Crippen LogP contribution is 2.42. The molecule has 0 spiro atoms. The Morgan fingerprint density at radius 1 is 0.707 bits per heavy atom. The number of amides is 2. The standard InChI is InChI=1S/C26H27F3N6O3.C16H14F3N3.C9H15N3O2.H2S/c1-25(2,37)10-13-38-23-30-11-8-21(32-23)33-24(36)35-18-9-12-34(15-18)20-7-6-19(31-22(20)35)16-4-3-5-17(14-16)26(27,28)29;17-16(18,19)11-3-1-2-10(8-11)13-4-5-14-15(21-13)20-12-6-7-22(14)9-12;1-9(2,13)4-6-14-8-11-5-3-7(10)12-8;/h3-8,11,14,18,37H,9-10,12-13,15H2,1-2H3,(H,30,32,33,36);1-5,8,12H,6-7,9H2,(H,20,21);3,5,13H,4,6H2,1-2H3,(H2,10,11,12);1H2/t18-;12-;;/m00../s1. The van der Waals surface area contributed by atoms with Crippen LogP contribution in [-0.4, -0.2) is 109 Å². The van der Waals surface area contributed by atoms with Crippen LogP contribution in [-0.2, 0) is 12.4 Å². The summed E-state index contributed by atoms with van der Waals surface area (Å²) in [6, 6.07) is 20.6. The van der Waals surface area contributed by atoms with E-state index in [1.54, 1.807) is 69.0 Å². The molecule has 0 saturated carbocycles. The van der Waals surface area contributed by atoms with Gasteiger partial charge >= 0.3 is 30.4 Å². The molecule has 17 nitrogen and oxygen atoms in total. The molecular formula is C51H58F6N12O5S. The molecule has 4 bridgehead atoms. The molecule has 10 rings (SSSR count). The second-order valence-corrected chi connectivity index (χ2v) is 19.3. The van der Waals surface area contributed by atoms with E-state index in [1.807, 2.05) is 6.07 Å². The lowest BCUT2D eigenvalue weighted by molar-refractivity contribution is -0.138. The molecular weight excluding hydrogens is 1010 g/mol. The van der Waals surface area contributed by atoms with Gasteiger partial charge < -0.3 is 40.5 Å². The highest BCUT2D eigenvalue weighted by molar-refractivity contribution is 7.59. The van der Waals surface area contributed by atoms with Gasteiger partial charge in [-0.3, -0.25) is 10.2 Å². The highest BCUT2D eigenvalue weighted by atomic mass is 32.1. The van der Waals surface area contributed by atoms with Crippen LogP contribution in [0.15, 0.2) is 97.3 Å². The van der Waals surface area contributed by atoms with Crippen LogP contribution in [0.2, 0.25) is 0 Å². The van der Waals surface area contributed by atoms with Gasteiger partial charge in [-0.1, -0.05) is 24.3 Å². The fourth-order valence-electron chi connectivity index (χ4n) is 8.46. The second kappa shape index (κ2) is 22.7. The first kappa shape index (κ1) is 55.6. The number of anilines is 6. The molecule has 2 aromatic carbocycles. The van der Waals surface area contributed by atoms with Crippen molar-refractivity contribution in [2.24, 2.45) is 0 Å². The Kier molecular flexibility index (Phi) is 16.9. The van der Waals surface area contributed by atoms with E-state index in [-0.39, 0.29) is 44.0 Å². The average molecular weight is 1070 g/mol. The summed E-state index contributed by atoms with van der Waals surface area (Å²) in [5.74, 6) is 1.74. The van der Waals surface area contributed by atoms with Crippen molar-refractivity contribution in [3.05, 3.63) is 108 Å². The third-order valence-electron chi connectivity index (χ3n) is 12.3. The lowest BCUT2D eigenvalue weighted by atomic mass is 10.1.